The SMILES string of the molecule is Ic1ccc2c(c1)[C@@H]1C=CC[C@H]1[C@H](c1ccccc1)N2. The van der Waals surface area contributed by atoms with Gasteiger partial charge in [0.15, 0.2) is 0 Å². The molecule has 0 spiro atoms. The second-order valence-corrected chi connectivity index (χ2v) is 6.86. The largest absolute Gasteiger partial charge is 0.378 e. The molecule has 1 aliphatic carbocycles. The monoisotopic (exact) mass is 373 g/mol. The molecule has 0 unspecified atom stereocenters. The Morgan fingerprint density at radius 3 is 2.75 bits per heavy atom. The Kier molecular flexibility index (Phi) is 3.06. The zero-order valence-electron chi connectivity index (χ0n) is 11.1. The third kappa shape index (κ3) is 1.97. The van der Waals surface area contributed by atoms with E-state index >= 15 is 0 Å². The lowest BCUT2D eigenvalue weighted by Gasteiger charge is -2.37. The fourth-order valence-electron chi connectivity index (χ4n) is 3.56. The molecule has 1 heterocycles. The van der Waals surface area contributed by atoms with Crippen LogP contribution in [0.4, 0.5) is 5.69 Å². The minimum absolute atomic E-state index is 0.420. The summed E-state index contributed by atoms with van der Waals surface area (Å²) in [6.07, 6.45) is 5.92. The molecule has 1 N–H and O–H groups in total. The number of halogens is 1. The fourth-order valence-corrected chi connectivity index (χ4v) is 4.07. The van der Waals surface area contributed by atoms with E-state index in [2.05, 4.69) is 88.6 Å². The summed E-state index contributed by atoms with van der Waals surface area (Å²) in [5.74, 6) is 1.20. The van der Waals surface area contributed by atoms with Crippen LogP contribution in [0, 0.1) is 9.49 Å². The molecule has 0 saturated carbocycles. The van der Waals surface area contributed by atoms with Gasteiger partial charge in [0.2, 0.25) is 0 Å². The van der Waals surface area contributed by atoms with Crippen LogP contribution in [0.1, 0.15) is 29.5 Å². The van der Waals surface area contributed by atoms with Crippen LogP contribution in [0.3, 0.4) is 0 Å². The molecule has 2 aromatic rings. The van der Waals surface area contributed by atoms with E-state index in [1.807, 2.05) is 0 Å². The van der Waals surface area contributed by atoms with Gasteiger partial charge in [0, 0.05) is 15.2 Å². The maximum Gasteiger partial charge on any atom is 0.0553 e. The Hall–Kier alpha value is -1.29. The van der Waals surface area contributed by atoms with Gasteiger partial charge < -0.3 is 5.32 Å². The smallest absolute Gasteiger partial charge is 0.0553 e. The van der Waals surface area contributed by atoms with E-state index in [-0.39, 0.29) is 0 Å². The fraction of sp³-hybridized carbons (Fsp3) is 0.222. The van der Waals surface area contributed by atoms with Crippen molar-refractivity contribution in [1.82, 2.24) is 0 Å². The van der Waals surface area contributed by atoms with E-state index in [0.29, 0.717) is 17.9 Å². The summed E-state index contributed by atoms with van der Waals surface area (Å²) in [6.45, 7) is 0. The summed E-state index contributed by atoms with van der Waals surface area (Å²) >= 11 is 2.40. The molecule has 2 aliphatic rings. The minimum Gasteiger partial charge on any atom is -0.378 e. The van der Waals surface area contributed by atoms with E-state index in [9.17, 15) is 0 Å². The van der Waals surface area contributed by atoms with Crippen molar-refractivity contribution in [3.8, 4) is 0 Å². The quantitative estimate of drug-likeness (QED) is 0.541. The number of hydrogen-bond acceptors (Lipinski definition) is 1. The number of benzene rings is 2. The van der Waals surface area contributed by atoms with Crippen LogP contribution in [0.5, 0.6) is 0 Å². The Labute approximate surface area is 133 Å². The average Bonchev–Trinajstić information content (AvgIpc) is 2.97. The van der Waals surface area contributed by atoms with Crippen molar-refractivity contribution < 1.29 is 0 Å². The molecule has 4 rings (SSSR count). The average molecular weight is 373 g/mol. The molecule has 20 heavy (non-hydrogen) atoms. The van der Waals surface area contributed by atoms with Gasteiger partial charge in [-0.15, -0.1) is 0 Å². The maximum absolute atomic E-state index is 3.77. The number of anilines is 1. The molecule has 0 radical (unpaired) electrons. The molecular weight excluding hydrogens is 357 g/mol. The van der Waals surface area contributed by atoms with Gasteiger partial charge in [-0.25, -0.2) is 0 Å². The van der Waals surface area contributed by atoms with E-state index in [4.69, 9.17) is 0 Å². The second-order valence-electron chi connectivity index (χ2n) is 5.62. The Balaban J connectivity index is 1.80. The predicted molar refractivity (Wildman–Crippen MR) is 92.0 cm³/mol. The van der Waals surface area contributed by atoms with E-state index in [0.717, 1.165) is 0 Å². The van der Waals surface area contributed by atoms with Crippen molar-refractivity contribution in [1.29, 1.82) is 0 Å². The van der Waals surface area contributed by atoms with E-state index in [1.165, 1.54) is 26.8 Å². The van der Waals surface area contributed by atoms with Crippen molar-refractivity contribution in [3.05, 3.63) is 75.4 Å². The van der Waals surface area contributed by atoms with Crippen molar-refractivity contribution in [3.63, 3.8) is 0 Å². The van der Waals surface area contributed by atoms with Crippen LogP contribution in [0.25, 0.3) is 0 Å². The van der Waals surface area contributed by atoms with Gasteiger partial charge in [-0.2, -0.15) is 0 Å². The third-order valence-corrected chi connectivity index (χ3v) is 5.15. The summed E-state index contributed by atoms with van der Waals surface area (Å²) in [6, 6.07) is 18.0. The molecule has 1 nitrogen and oxygen atoms in total. The molecule has 0 bridgehead atoms. The van der Waals surface area contributed by atoms with E-state index < -0.39 is 0 Å². The van der Waals surface area contributed by atoms with Crippen LogP contribution in [0.2, 0.25) is 0 Å². The highest BCUT2D eigenvalue weighted by Crippen LogP contribution is 2.49. The minimum atomic E-state index is 0.420. The first kappa shape index (κ1) is 12.5. The Morgan fingerprint density at radius 1 is 1.05 bits per heavy atom. The molecule has 0 amide bonds. The molecule has 2 heteroatoms. The number of fused-ring (bicyclic) bond motifs is 3. The first-order valence-electron chi connectivity index (χ1n) is 7.10. The van der Waals surface area contributed by atoms with Gasteiger partial charge >= 0.3 is 0 Å². The van der Waals surface area contributed by atoms with Crippen LogP contribution in [0.15, 0.2) is 60.7 Å². The highest BCUT2D eigenvalue weighted by Gasteiger charge is 2.37. The first-order valence-corrected chi connectivity index (χ1v) is 8.18. The van der Waals surface area contributed by atoms with Crippen LogP contribution in [-0.2, 0) is 0 Å². The molecule has 2 aromatic carbocycles. The lowest BCUT2D eigenvalue weighted by molar-refractivity contribution is 0.425. The topological polar surface area (TPSA) is 12.0 Å². The Bertz CT molecular complexity index is 662. The number of rotatable bonds is 1. The van der Waals surface area contributed by atoms with Crippen molar-refractivity contribution >= 4 is 28.3 Å². The van der Waals surface area contributed by atoms with Gasteiger partial charge in [0.05, 0.1) is 6.04 Å². The van der Waals surface area contributed by atoms with Gasteiger partial charge in [-0.3, -0.25) is 0 Å². The normalized spacial score (nSPS) is 26.8. The molecule has 1 aliphatic heterocycles. The van der Waals surface area contributed by atoms with Crippen LogP contribution in [-0.4, -0.2) is 0 Å². The predicted octanol–water partition coefficient (Wildman–Crippen LogP) is 5.12. The highest BCUT2D eigenvalue weighted by molar-refractivity contribution is 14.1. The Morgan fingerprint density at radius 2 is 1.90 bits per heavy atom. The maximum atomic E-state index is 3.77. The second kappa shape index (κ2) is 4.92. The van der Waals surface area contributed by atoms with Gasteiger partial charge in [0.25, 0.3) is 0 Å². The summed E-state index contributed by atoms with van der Waals surface area (Å²) < 4.78 is 1.32. The zero-order valence-corrected chi connectivity index (χ0v) is 13.2. The molecular formula is C18H16IN. The number of nitrogens with one attached hydrogen (secondary N) is 1. The summed E-state index contributed by atoms with van der Waals surface area (Å²) in [7, 11) is 0. The molecule has 0 saturated heterocycles. The molecule has 0 fully saturated rings. The summed E-state index contributed by atoms with van der Waals surface area (Å²) in [5.41, 5.74) is 4.16. The van der Waals surface area contributed by atoms with Crippen molar-refractivity contribution in [2.45, 2.75) is 18.4 Å². The molecule has 3 atom stereocenters. The van der Waals surface area contributed by atoms with Gasteiger partial charge in [-0.05, 0) is 64.3 Å². The summed E-state index contributed by atoms with van der Waals surface area (Å²) in [5, 5.41) is 3.77. The van der Waals surface area contributed by atoms with Crippen LogP contribution < -0.4 is 5.32 Å². The lowest BCUT2D eigenvalue weighted by atomic mass is 9.77. The van der Waals surface area contributed by atoms with Gasteiger partial charge in [-0.1, -0.05) is 42.5 Å². The molecule has 100 valence electrons. The first-order chi connectivity index (χ1) is 9.83. The number of hydrogen-bond donors (Lipinski definition) is 1. The zero-order chi connectivity index (χ0) is 13.5. The van der Waals surface area contributed by atoms with Crippen molar-refractivity contribution in [2.24, 2.45) is 5.92 Å². The lowest BCUT2D eigenvalue weighted by Crippen LogP contribution is -2.29. The van der Waals surface area contributed by atoms with Gasteiger partial charge in [0.1, 0.15) is 0 Å². The van der Waals surface area contributed by atoms with E-state index in [1.54, 1.807) is 0 Å². The number of allylic oxidation sites excluding steroid dienone is 2. The van der Waals surface area contributed by atoms with Crippen molar-refractivity contribution in [2.75, 3.05) is 5.32 Å². The van der Waals surface area contributed by atoms with Crippen LogP contribution >= 0.6 is 22.6 Å². The third-order valence-electron chi connectivity index (χ3n) is 4.48. The highest BCUT2D eigenvalue weighted by atomic mass is 127. The molecule has 0 aromatic heterocycles. The summed E-state index contributed by atoms with van der Waals surface area (Å²) in [4.78, 5) is 0. The standard InChI is InChI=1S/C18H16IN/c19-13-9-10-17-16(11-13)14-7-4-8-15(14)18(20-17)12-5-2-1-3-6-12/h1-7,9-11,14-15,18,20H,8H2/t14-,15-,18+/m1/s1.